The summed E-state index contributed by atoms with van der Waals surface area (Å²) in [6.07, 6.45) is 0. The van der Waals surface area contributed by atoms with Crippen LogP contribution in [0.25, 0.3) is 0 Å². The molecule has 1 saturated heterocycles. The molecule has 2 amide bonds. The number of amides is 2. The molecule has 0 aromatic heterocycles. The van der Waals surface area contributed by atoms with Gasteiger partial charge in [-0.25, -0.2) is 22.3 Å². The van der Waals surface area contributed by atoms with Crippen molar-refractivity contribution in [2.24, 2.45) is 5.10 Å². The van der Waals surface area contributed by atoms with Crippen LogP contribution < -0.4 is 10.7 Å². The quantitative estimate of drug-likeness (QED) is 0.210. The van der Waals surface area contributed by atoms with Crippen LogP contribution in [0.5, 0.6) is 0 Å². The lowest BCUT2D eigenvalue weighted by molar-refractivity contribution is -0.125. The molecule has 1 aliphatic heterocycles. The standard InChI is InChI=1S/C32H31N5O6S2/c1-24(26-14-11-15-27(22-26)33-31(38)25-12-5-2-6-13-25)34-35-32(39)30-23-36(44(40,41)28-16-7-3-8-17-28)20-21-37(30)45(42,43)29-18-9-4-10-19-29/h2-19,22,30H,20-21,23H2,1H3,(H,33,38)(H,35,39)/b34-24-/t30-/m1/s1. The van der Waals surface area contributed by atoms with Crippen molar-refractivity contribution in [1.82, 2.24) is 14.0 Å². The minimum Gasteiger partial charge on any atom is -0.322 e. The molecule has 11 nitrogen and oxygen atoms in total. The van der Waals surface area contributed by atoms with Crippen LogP contribution in [0, 0.1) is 0 Å². The van der Waals surface area contributed by atoms with E-state index in [0.717, 1.165) is 8.61 Å². The Morgan fingerprint density at radius 1 is 0.711 bits per heavy atom. The van der Waals surface area contributed by atoms with Crippen molar-refractivity contribution in [1.29, 1.82) is 0 Å². The van der Waals surface area contributed by atoms with E-state index in [1.54, 1.807) is 91.9 Å². The van der Waals surface area contributed by atoms with E-state index in [1.807, 2.05) is 6.07 Å². The Morgan fingerprint density at radius 2 is 1.27 bits per heavy atom. The number of anilines is 1. The molecular weight excluding hydrogens is 615 g/mol. The van der Waals surface area contributed by atoms with E-state index in [1.165, 1.54) is 24.3 Å². The van der Waals surface area contributed by atoms with Crippen LogP contribution in [0.1, 0.15) is 22.8 Å². The van der Waals surface area contributed by atoms with Gasteiger partial charge in [0.2, 0.25) is 20.0 Å². The maximum atomic E-state index is 13.6. The van der Waals surface area contributed by atoms with Crippen molar-refractivity contribution < 1.29 is 26.4 Å². The third kappa shape index (κ3) is 7.18. The van der Waals surface area contributed by atoms with Gasteiger partial charge in [-0.1, -0.05) is 66.7 Å². The highest BCUT2D eigenvalue weighted by Crippen LogP contribution is 2.25. The van der Waals surface area contributed by atoms with Crippen LogP contribution in [0.4, 0.5) is 5.69 Å². The Labute approximate surface area is 262 Å². The second-order valence-corrected chi connectivity index (χ2v) is 14.0. The smallest absolute Gasteiger partial charge is 0.259 e. The third-order valence-electron chi connectivity index (χ3n) is 7.24. The average molecular weight is 646 g/mol. The maximum Gasteiger partial charge on any atom is 0.259 e. The topological polar surface area (TPSA) is 145 Å². The lowest BCUT2D eigenvalue weighted by Crippen LogP contribution is -2.60. The molecule has 0 radical (unpaired) electrons. The maximum absolute atomic E-state index is 13.6. The van der Waals surface area contributed by atoms with Crippen LogP contribution in [-0.2, 0) is 24.8 Å². The summed E-state index contributed by atoms with van der Waals surface area (Å²) in [6, 6.07) is 29.6. The first-order chi connectivity index (χ1) is 21.6. The summed E-state index contributed by atoms with van der Waals surface area (Å²) >= 11 is 0. The SMILES string of the molecule is C/C(=N/NC(=O)[C@H]1CN(S(=O)(=O)c2ccccc2)CCN1S(=O)(=O)c1ccccc1)c1cccc(NC(=O)c2ccccc2)c1. The third-order valence-corrected chi connectivity index (χ3v) is 11.0. The molecular formula is C32H31N5O6S2. The molecule has 4 aromatic carbocycles. The van der Waals surface area contributed by atoms with Crippen LogP contribution in [0.15, 0.2) is 130 Å². The predicted octanol–water partition coefficient (Wildman–Crippen LogP) is 3.54. The zero-order chi connectivity index (χ0) is 32.0. The first-order valence-electron chi connectivity index (χ1n) is 14.0. The van der Waals surface area contributed by atoms with E-state index in [-0.39, 0.29) is 28.8 Å². The molecule has 4 aromatic rings. The van der Waals surface area contributed by atoms with Gasteiger partial charge in [-0.05, 0) is 61.0 Å². The lowest BCUT2D eigenvalue weighted by Gasteiger charge is -2.38. The monoisotopic (exact) mass is 645 g/mol. The lowest BCUT2D eigenvalue weighted by atomic mass is 10.1. The first-order valence-corrected chi connectivity index (χ1v) is 16.9. The number of hydrogen-bond acceptors (Lipinski definition) is 7. The molecule has 0 saturated carbocycles. The highest BCUT2D eigenvalue weighted by Gasteiger charge is 2.43. The number of nitrogens with one attached hydrogen (secondary N) is 2. The van der Waals surface area contributed by atoms with E-state index in [2.05, 4.69) is 15.8 Å². The van der Waals surface area contributed by atoms with Gasteiger partial charge in [0.1, 0.15) is 6.04 Å². The van der Waals surface area contributed by atoms with Crippen LogP contribution >= 0.6 is 0 Å². The van der Waals surface area contributed by atoms with Crippen molar-refractivity contribution in [3.63, 3.8) is 0 Å². The Balaban J connectivity index is 1.38. The molecule has 5 rings (SSSR count). The highest BCUT2D eigenvalue weighted by molar-refractivity contribution is 7.89. The van der Waals surface area contributed by atoms with Crippen LogP contribution in [-0.4, -0.2) is 68.6 Å². The van der Waals surface area contributed by atoms with Crippen molar-refractivity contribution in [2.75, 3.05) is 25.0 Å². The average Bonchev–Trinajstić information content (AvgIpc) is 3.08. The number of piperazine rings is 1. The molecule has 1 atom stereocenters. The van der Waals surface area contributed by atoms with Gasteiger partial charge >= 0.3 is 0 Å². The summed E-state index contributed by atoms with van der Waals surface area (Å²) < 4.78 is 56.2. The number of sulfonamides is 2. The van der Waals surface area contributed by atoms with E-state index >= 15 is 0 Å². The first kappa shape index (κ1) is 31.7. The fourth-order valence-corrected chi connectivity index (χ4v) is 7.87. The minimum absolute atomic E-state index is 0.0174. The Hall–Kier alpha value is -4.69. The fourth-order valence-electron chi connectivity index (χ4n) is 4.82. The molecule has 0 bridgehead atoms. The van der Waals surface area contributed by atoms with Gasteiger partial charge in [0.05, 0.1) is 15.5 Å². The number of carbonyl (C=O) groups is 2. The van der Waals surface area contributed by atoms with Crippen LogP contribution in [0.3, 0.4) is 0 Å². The van der Waals surface area contributed by atoms with E-state index in [0.29, 0.717) is 22.5 Å². The molecule has 0 aliphatic carbocycles. The van der Waals surface area contributed by atoms with Gasteiger partial charge in [-0.15, -0.1) is 0 Å². The Kier molecular flexibility index (Phi) is 9.54. The van der Waals surface area contributed by atoms with Gasteiger partial charge in [-0.2, -0.15) is 13.7 Å². The Morgan fingerprint density at radius 3 is 1.89 bits per heavy atom. The number of hydrazone groups is 1. The van der Waals surface area contributed by atoms with Crippen LogP contribution in [0.2, 0.25) is 0 Å². The molecule has 232 valence electrons. The number of rotatable bonds is 9. The second-order valence-electron chi connectivity index (χ2n) is 10.2. The number of carbonyl (C=O) groups excluding carboxylic acids is 2. The van der Waals surface area contributed by atoms with E-state index < -0.39 is 38.5 Å². The van der Waals surface area contributed by atoms with Crippen molar-refractivity contribution in [3.05, 3.63) is 126 Å². The number of hydrogen-bond donors (Lipinski definition) is 2. The predicted molar refractivity (Wildman–Crippen MR) is 171 cm³/mol. The Bertz CT molecular complexity index is 1920. The van der Waals surface area contributed by atoms with E-state index in [9.17, 15) is 26.4 Å². The van der Waals surface area contributed by atoms with Gasteiger partial charge in [0.15, 0.2) is 0 Å². The largest absolute Gasteiger partial charge is 0.322 e. The van der Waals surface area contributed by atoms with Gasteiger partial charge in [-0.3, -0.25) is 9.59 Å². The fraction of sp³-hybridized carbons (Fsp3) is 0.156. The zero-order valence-electron chi connectivity index (χ0n) is 24.3. The number of nitrogens with zero attached hydrogens (tertiary/aromatic N) is 3. The normalized spacial score (nSPS) is 16.6. The molecule has 2 N–H and O–H groups in total. The van der Waals surface area contributed by atoms with Gasteiger partial charge < -0.3 is 5.32 Å². The summed E-state index contributed by atoms with van der Waals surface area (Å²) in [5.41, 5.74) is 4.40. The summed E-state index contributed by atoms with van der Waals surface area (Å²) in [4.78, 5) is 26.2. The van der Waals surface area contributed by atoms with Crippen molar-refractivity contribution >= 4 is 43.3 Å². The van der Waals surface area contributed by atoms with Crippen molar-refractivity contribution in [3.8, 4) is 0 Å². The molecule has 0 spiro atoms. The zero-order valence-corrected chi connectivity index (χ0v) is 25.9. The molecule has 1 aliphatic rings. The molecule has 13 heteroatoms. The number of benzene rings is 4. The highest BCUT2D eigenvalue weighted by atomic mass is 32.2. The molecule has 1 fully saturated rings. The van der Waals surface area contributed by atoms with Gasteiger partial charge in [0, 0.05) is 30.9 Å². The summed E-state index contributed by atoms with van der Waals surface area (Å²) in [5, 5.41) is 7.02. The van der Waals surface area contributed by atoms with Gasteiger partial charge in [0.25, 0.3) is 11.8 Å². The molecule has 1 heterocycles. The summed E-state index contributed by atoms with van der Waals surface area (Å²) in [6.45, 7) is 0.846. The molecule has 0 unspecified atom stereocenters. The van der Waals surface area contributed by atoms with Crippen molar-refractivity contribution in [2.45, 2.75) is 22.8 Å². The second kappa shape index (κ2) is 13.5. The summed E-state index contributed by atoms with van der Waals surface area (Å²) in [5.74, 6) is -1.09. The summed E-state index contributed by atoms with van der Waals surface area (Å²) in [7, 11) is -8.17. The minimum atomic E-state index is -4.16. The van der Waals surface area contributed by atoms with E-state index in [4.69, 9.17) is 0 Å². The molecule has 45 heavy (non-hydrogen) atoms.